The van der Waals surface area contributed by atoms with Gasteiger partial charge in [0.15, 0.2) is 6.54 Å². The zero-order valence-electron chi connectivity index (χ0n) is 23.3. The van der Waals surface area contributed by atoms with Crippen LogP contribution in [0.15, 0.2) is 76.7 Å². The van der Waals surface area contributed by atoms with Gasteiger partial charge in [0, 0.05) is 29.4 Å². The third-order valence-corrected chi connectivity index (χ3v) is 11.3. The predicted molar refractivity (Wildman–Crippen MR) is 168 cm³/mol. The number of aromatic nitrogens is 1. The SMILES string of the molecule is O=S(=O)([O-])CCCN1/C(=C/c2sc3ccc4c5ccccc5ccc4c3[n+]2CCCS(=O)(=O)[O-])Sc2ccc(C(F)(F)F)cc21. The second kappa shape index (κ2) is 11.9. The summed E-state index contributed by atoms with van der Waals surface area (Å²) in [6.07, 6.45) is -2.90. The lowest BCUT2D eigenvalue weighted by atomic mass is 10.0. The van der Waals surface area contributed by atoms with Crippen molar-refractivity contribution in [2.45, 2.75) is 30.5 Å². The van der Waals surface area contributed by atoms with Gasteiger partial charge in [0.2, 0.25) is 5.52 Å². The lowest BCUT2D eigenvalue weighted by molar-refractivity contribution is -0.667. The quantitative estimate of drug-likeness (QED) is 0.100. The van der Waals surface area contributed by atoms with E-state index in [1.54, 1.807) is 11.0 Å². The Hall–Kier alpha value is -3.21. The second-order valence-electron chi connectivity index (χ2n) is 10.5. The highest BCUT2D eigenvalue weighted by molar-refractivity contribution is 8.04. The number of thioether (sulfide) groups is 1. The molecule has 0 bridgehead atoms. The molecule has 5 aromatic rings. The number of nitrogens with zero attached hydrogens (tertiary/aromatic N) is 2. The van der Waals surface area contributed by atoms with Crippen LogP contribution in [0.2, 0.25) is 0 Å². The van der Waals surface area contributed by atoms with E-state index < -0.39 is 43.5 Å². The topological polar surface area (TPSA) is 122 Å². The molecule has 1 aliphatic heterocycles. The summed E-state index contributed by atoms with van der Waals surface area (Å²) in [5.41, 5.74) is 0.202. The number of hydrogen-bond donors (Lipinski definition) is 0. The average Bonchev–Trinajstić information content (AvgIpc) is 3.48. The summed E-state index contributed by atoms with van der Waals surface area (Å²) in [5, 5.41) is 5.12. The minimum atomic E-state index is -4.60. The smallest absolute Gasteiger partial charge is 0.416 e. The lowest BCUT2D eigenvalue weighted by Gasteiger charge is -2.21. The van der Waals surface area contributed by atoms with Crippen LogP contribution in [0.1, 0.15) is 23.4 Å². The number of halogens is 3. The van der Waals surface area contributed by atoms with E-state index in [1.807, 2.05) is 53.1 Å². The summed E-state index contributed by atoms with van der Waals surface area (Å²) >= 11 is 2.61. The Morgan fingerprint density at radius 3 is 2.29 bits per heavy atom. The maximum absolute atomic E-state index is 13.6. The molecule has 0 saturated heterocycles. The number of alkyl halides is 3. The Kier molecular flexibility index (Phi) is 8.37. The maximum atomic E-state index is 13.6. The molecule has 15 heteroatoms. The average molecular weight is 694 g/mol. The van der Waals surface area contributed by atoms with Crippen molar-refractivity contribution in [3.05, 3.63) is 82.3 Å². The largest absolute Gasteiger partial charge is 0.748 e. The molecule has 45 heavy (non-hydrogen) atoms. The van der Waals surface area contributed by atoms with Crippen LogP contribution in [-0.4, -0.2) is 44.0 Å². The number of fused-ring (bicyclic) bond motifs is 6. The molecule has 0 aliphatic carbocycles. The molecule has 0 spiro atoms. The van der Waals surface area contributed by atoms with Gasteiger partial charge in [0.25, 0.3) is 5.01 Å². The first kappa shape index (κ1) is 31.8. The molecule has 8 nitrogen and oxygen atoms in total. The van der Waals surface area contributed by atoms with Crippen LogP contribution < -0.4 is 9.47 Å². The zero-order chi connectivity index (χ0) is 32.1. The molecule has 1 aliphatic rings. The van der Waals surface area contributed by atoms with Gasteiger partial charge in [0.1, 0.15) is 4.70 Å². The molecule has 1 aromatic heterocycles. The molecule has 4 aromatic carbocycles. The monoisotopic (exact) mass is 693 g/mol. The van der Waals surface area contributed by atoms with Crippen LogP contribution >= 0.6 is 23.1 Å². The van der Waals surface area contributed by atoms with E-state index in [2.05, 4.69) is 0 Å². The van der Waals surface area contributed by atoms with Gasteiger partial charge in [-0.1, -0.05) is 59.5 Å². The van der Waals surface area contributed by atoms with E-state index in [0.29, 0.717) is 14.9 Å². The van der Waals surface area contributed by atoms with E-state index in [-0.39, 0.29) is 31.6 Å². The molecule has 0 unspecified atom stereocenters. The number of benzene rings is 4. The fourth-order valence-corrected chi connectivity index (χ4v) is 8.83. The Balaban J connectivity index is 1.50. The van der Waals surface area contributed by atoms with Crippen molar-refractivity contribution >= 4 is 86.9 Å². The van der Waals surface area contributed by atoms with Crippen molar-refractivity contribution in [1.82, 2.24) is 0 Å². The molecule has 0 radical (unpaired) electrons. The van der Waals surface area contributed by atoms with Gasteiger partial charge in [-0.15, -0.1) is 0 Å². The highest BCUT2D eigenvalue weighted by atomic mass is 32.2. The highest BCUT2D eigenvalue weighted by Gasteiger charge is 2.35. The third-order valence-electron chi connectivity index (χ3n) is 7.47. The van der Waals surface area contributed by atoms with Crippen LogP contribution in [0.25, 0.3) is 37.8 Å². The van der Waals surface area contributed by atoms with Gasteiger partial charge < -0.3 is 14.0 Å². The summed E-state index contributed by atoms with van der Waals surface area (Å²) in [7, 11) is -9.02. The molecular formula is C30H24F3N2O6S4-. The van der Waals surface area contributed by atoms with Crippen LogP contribution in [0.4, 0.5) is 18.9 Å². The van der Waals surface area contributed by atoms with E-state index >= 15 is 0 Å². The van der Waals surface area contributed by atoms with Gasteiger partial charge in [-0.25, -0.2) is 16.8 Å². The fraction of sp³-hybridized carbons (Fsp3) is 0.233. The Labute approximate surface area is 265 Å². The molecule has 0 atom stereocenters. The van der Waals surface area contributed by atoms with E-state index in [1.165, 1.54) is 29.2 Å². The molecule has 6 rings (SSSR count). The van der Waals surface area contributed by atoms with Gasteiger partial charge in [-0.05, 0) is 52.9 Å². The molecular weight excluding hydrogens is 670 g/mol. The molecule has 2 heterocycles. The molecule has 0 N–H and O–H groups in total. The fourth-order valence-electron chi connectivity index (χ4n) is 5.54. The second-order valence-corrected chi connectivity index (χ2v) is 15.7. The maximum Gasteiger partial charge on any atom is 0.416 e. The van der Waals surface area contributed by atoms with Crippen LogP contribution in [0.5, 0.6) is 0 Å². The molecule has 0 saturated carbocycles. The van der Waals surface area contributed by atoms with Crippen molar-refractivity contribution in [3.63, 3.8) is 0 Å². The number of rotatable bonds is 9. The van der Waals surface area contributed by atoms with Gasteiger partial charge in [-0.3, -0.25) is 0 Å². The van der Waals surface area contributed by atoms with Crippen molar-refractivity contribution in [3.8, 4) is 0 Å². The van der Waals surface area contributed by atoms with Gasteiger partial charge in [-0.2, -0.15) is 17.7 Å². The Morgan fingerprint density at radius 2 is 1.56 bits per heavy atom. The van der Waals surface area contributed by atoms with Gasteiger partial charge in [0.05, 0.1) is 48.0 Å². The predicted octanol–water partition coefficient (Wildman–Crippen LogP) is 6.30. The first-order valence-corrected chi connectivity index (χ1v) is 18.5. The van der Waals surface area contributed by atoms with Crippen molar-refractivity contribution < 1.29 is 43.7 Å². The number of aryl methyl sites for hydroxylation is 1. The van der Waals surface area contributed by atoms with E-state index in [9.17, 15) is 39.1 Å². The minimum Gasteiger partial charge on any atom is -0.748 e. The lowest BCUT2D eigenvalue weighted by Crippen LogP contribution is -2.36. The zero-order valence-corrected chi connectivity index (χ0v) is 26.5. The van der Waals surface area contributed by atoms with Crippen LogP contribution in [0.3, 0.4) is 0 Å². The van der Waals surface area contributed by atoms with E-state index in [4.69, 9.17) is 0 Å². The molecule has 236 valence electrons. The number of anilines is 1. The van der Waals surface area contributed by atoms with Crippen molar-refractivity contribution in [1.29, 1.82) is 0 Å². The summed E-state index contributed by atoms with van der Waals surface area (Å²) in [6.45, 7) is 0.152. The number of thiazole rings is 1. The highest BCUT2D eigenvalue weighted by Crippen LogP contribution is 2.49. The van der Waals surface area contributed by atoms with Crippen LogP contribution in [-0.2, 0) is 33.0 Å². The Morgan fingerprint density at radius 1 is 0.844 bits per heavy atom. The summed E-state index contributed by atoms with van der Waals surface area (Å²) in [4.78, 5) is 2.10. The minimum absolute atomic E-state index is 0.0249. The summed E-state index contributed by atoms with van der Waals surface area (Å²) in [6, 6.07) is 19.2. The molecule has 0 amide bonds. The summed E-state index contributed by atoms with van der Waals surface area (Å²) < 4.78 is 112. The number of hydrogen-bond acceptors (Lipinski definition) is 9. The van der Waals surface area contributed by atoms with Crippen molar-refractivity contribution in [2.75, 3.05) is 23.0 Å². The van der Waals surface area contributed by atoms with Gasteiger partial charge >= 0.3 is 6.18 Å². The molecule has 0 fully saturated rings. The van der Waals surface area contributed by atoms with Crippen molar-refractivity contribution in [2.24, 2.45) is 0 Å². The normalized spacial score (nSPS) is 15.1. The first-order valence-electron chi connectivity index (χ1n) is 13.7. The third kappa shape index (κ3) is 6.83. The summed E-state index contributed by atoms with van der Waals surface area (Å²) in [5.74, 6) is -1.25. The standard InChI is InChI=1S/C30H25F3N2O6S4/c31-30(32,33)20-8-11-25-24(17-20)34(13-3-15-44(36,37)38)27(42-25)18-28-35(14-4-16-45(39,40)41)29-23-9-7-19-5-1-2-6-21(19)22(23)10-12-26(29)43-28/h1-2,5-12,17-18H,3-4,13-16H2,(H-,36,37,38,39,40,41)/p-1. The first-order chi connectivity index (χ1) is 21.2. The van der Waals surface area contributed by atoms with E-state index in [0.717, 1.165) is 43.9 Å². The van der Waals surface area contributed by atoms with Crippen LogP contribution in [0, 0.1) is 0 Å². The Bertz CT molecular complexity index is 2210.